The standard InChI is InChI=1S/C12H19ClN2O/c1-5-9-8-10(13)15-11(14-9)12(6-2,7-3)16-4/h8H,5-7H2,1-4H3. The number of methoxy groups -OCH3 is 1. The number of aromatic nitrogens is 2. The molecule has 0 unspecified atom stereocenters. The fourth-order valence-corrected chi connectivity index (χ4v) is 2.00. The third-order valence-corrected chi connectivity index (χ3v) is 3.24. The summed E-state index contributed by atoms with van der Waals surface area (Å²) in [6.07, 6.45) is 2.52. The second-order valence-corrected chi connectivity index (χ2v) is 4.15. The first-order chi connectivity index (χ1) is 7.61. The first kappa shape index (κ1) is 13.4. The Morgan fingerprint density at radius 2 is 1.88 bits per heavy atom. The quantitative estimate of drug-likeness (QED) is 0.743. The predicted molar refractivity (Wildman–Crippen MR) is 65.7 cm³/mol. The molecule has 0 aliphatic heterocycles. The van der Waals surface area contributed by atoms with Crippen LogP contribution in [-0.4, -0.2) is 17.1 Å². The van der Waals surface area contributed by atoms with Crippen molar-refractivity contribution in [2.45, 2.75) is 45.6 Å². The lowest BCUT2D eigenvalue weighted by Gasteiger charge is -2.28. The second-order valence-electron chi connectivity index (χ2n) is 3.76. The lowest BCUT2D eigenvalue weighted by atomic mass is 9.96. The minimum absolute atomic E-state index is 0.408. The van der Waals surface area contributed by atoms with Crippen LogP contribution in [0.15, 0.2) is 6.07 Å². The van der Waals surface area contributed by atoms with E-state index < -0.39 is 5.60 Å². The van der Waals surface area contributed by atoms with Crippen molar-refractivity contribution in [1.29, 1.82) is 0 Å². The summed E-state index contributed by atoms with van der Waals surface area (Å²) < 4.78 is 5.59. The maximum absolute atomic E-state index is 6.00. The van der Waals surface area contributed by atoms with Crippen molar-refractivity contribution in [1.82, 2.24) is 9.97 Å². The monoisotopic (exact) mass is 242 g/mol. The van der Waals surface area contributed by atoms with Gasteiger partial charge >= 0.3 is 0 Å². The normalized spacial score (nSPS) is 11.8. The van der Waals surface area contributed by atoms with Gasteiger partial charge in [-0.25, -0.2) is 9.97 Å². The Balaban J connectivity index is 3.23. The Labute approximate surface area is 102 Å². The molecule has 0 aliphatic carbocycles. The second kappa shape index (κ2) is 5.60. The summed E-state index contributed by atoms with van der Waals surface area (Å²) in [6, 6.07) is 1.80. The summed E-state index contributed by atoms with van der Waals surface area (Å²) in [5.41, 5.74) is 0.549. The SMILES string of the molecule is CCc1cc(Cl)nc(C(CC)(CC)OC)n1. The average molecular weight is 243 g/mol. The number of halogens is 1. The van der Waals surface area contributed by atoms with Crippen LogP contribution < -0.4 is 0 Å². The number of aryl methyl sites for hydroxylation is 1. The van der Waals surface area contributed by atoms with Crippen molar-refractivity contribution < 1.29 is 4.74 Å². The molecule has 0 saturated heterocycles. The van der Waals surface area contributed by atoms with Gasteiger partial charge < -0.3 is 4.74 Å². The molecule has 90 valence electrons. The van der Waals surface area contributed by atoms with E-state index >= 15 is 0 Å². The highest BCUT2D eigenvalue weighted by molar-refractivity contribution is 6.29. The van der Waals surface area contributed by atoms with Crippen molar-refractivity contribution in [2.24, 2.45) is 0 Å². The van der Waals surface area contributed by atoms with Crippen LogP contribution in [0.4, 0.5) is 0 Å². The highest BCUT2D eigenvalue weighted by Gasteiger charge is 2.31. The number of hydrogen-bond acceptors (Lipinski definition) is 3. The Morgan fingerprint density at radius 3 is 2.31 bits per heavy atom. The molecule has 0 atom stereocenters. The van der Waals surface area contributed by atoms with Gasteiger partial charge in [-0.15, -0.1) is 0 Å². The van der Waals surface area contributed by atoms with Crippen LogP contribution in [0.5, 0.6) is 0 Å². The van der Waals surface area contributed by atoms with Gasteiger partial charge in [0.15, 0.2) is 5.82 Å². The number of ether oxygens (including phenoxy) is 1. The van der Waals surface area contributed by atoms with Crippen LogP contribution in [0.2, 0.25) is 5.15 Å². The van der Waals surface area contributed by atoms with E-state index in [0.29, 0.717) is 11.0 Å². The van der Waals surface area contributed by atoms with Gasteiger partial charge in [-0.2, -0.15) is 0 Å². The van der Waals surface area contributed by atoms with Crippen LogP contribution >= 0.6 is 11.6 Å². The summed E-state index contributed by atoms with van der Waals surface area (Å²) in [7, 11) is 1.70. The van der Waals surface area contributed by atoms with Gasteiger partial charge in [0.2, 0.25) is 0 Å². The summed E-state index contributed by atoms with van der Waals surface area (Å²) in [6.45, 7) is 6.20. The highest BCUT2D eigenvalue weighted by atomic mass is 35.5. The first-order valence-electron chi connectivity index (χ1n) is 5.71. The van der Waals surface area contributed by atoms with E-state index in [4.69, 9.17) is 16.3 Å². The minimum atomic E-state index is -0.408. The molecule has 0 N–H and O–H groups in total. The number of rotatable bonds is 5. The Kier molecular flexibility index (Phi) is 4.69. The predicted octanol–water partition coefficient (Wildman–Crippen LogP) is 3.35. The van der Waals surface area contributed by atoms with E-state index in [2.05, 4.69) is 30.7 Å². The van der Waals surface area contributed by atoms with Crippen LogP contribution in [0.1, 0.15) is 45.1 Å². The van der Waals surface area contributed by atoms with Gasteiger partial charge in [-0.3, -0.25) is 0 Å². The van der Waals surface area contributed by atoms with E-state index in [1.165, 1.54) is 0 Å². The van der Waals surface area contributed by atoms with Gasteiger partial charge in [0.1, 0.15) is 10.8 Å². The molecule has 0 aromatic carbocycles. The van der Waals surface area contributed by atoms with Crippen molar-refractivity contribution in [2.75, 3.05) is 7.11 Å². The topological polar surface area (TPSA) is 35.0 Å². The lowest BCUT2D eigenvalue weighted by Crippen LogP contribution is -2.29. The molecule has 0 radical (unpaired) electrons. The van der Waals surface area contributed by atoms with E-state index in [1.54, 1.807) is 13.2 Å². The Morgan fingerprint density at radius 1 is 1.25 bits per heavy atom. The van der Waals surface area contributed by atoms with Crippen molar-refractivity contribution in [3.8, 4) is 0 Å². The molecular weight excluding hydrogens is 224 g/mol. The molecule has 1 rings (SSSR count). The molecule has 1 aromatic rings. The van der Waals surface area contributed by atoms with Crippen LogP contribution in [0, 0.1) is 0 Å². The maximum atomic E-state index is 6.00. The molecule has 0 bridgehead atoms. The minimum Gasteiger partial charge on any atom is -0.370 e. The fraction of sp³-hybridized carbons (Fsp3) is 0.667. The molecule has 0 amide bonds. The summed E-state index contributed by atoms with van der Waals surface area (Å²) in [5.74, 6) is 0.698. The van der Waals surface area contributed by atoms with Crippen LogP contribution in [0.3, 0.4) is 0 Å². The largest absolute Gasteiger partial charge is 0.370 e. The lowest BCUT2D eigenvalue weighted by molar-refractivity contribution is -0.0293. The van der Waals surface area contributed by atoms with Gasteiger partial charge in [-0.05, 0) is 25.3 Å². The first-order valence-corrected chi connectivity index (χ1v) is 6.08. The van der Waals surface area contributed by atoms with Crippen molar-refractivity contribution in [3.63, 3.8) is 0 Å². The zero-order valence-electron chi connectivity index (χ0n) is 10.4. The van der Waals surface area contributed by atoms with E-state index in [-0.39, 0.29) is 0 Å². The average Bonchev–Trinajstić information content (AvgIpc) is 2.31. The van der Waals surface area contributed by atoms with Crippen molar-refractivity contribution in [3.05, 3.63) is 22.7 Å². The molecule has 4 heteroatoms. The summed E-state index contributed by atoms with van der Waals surface area (Å²) >= 11 is 6.00. The van der Waals surface area contributed by atoms with Gasteiger partial charge in [0.25, 0.3) is 0 Å². The molecule has 16 heavy (non-hydrogen) atoms. The molecule has 1 heterocycles. The molecule has 0 aliphatic rings. The number of hydrogen-bond donors (Lipinski definition) is 0. The van der Waals surface area contributed by atoms with E-state index in [0.717, 1.165) is 25.0 Å². The van der Waals surface area contributed by atoms with Crippen molar-refractivity contribution >= 4 is 11.6 Å². The van der Waals surface area contributed by atoms with E-state index in [9.17, 15) is 0 Å². The molecule has 0 saturated carbocycles. The van der Waals surface area contributed by atoms with E-state index in [1.807, 2.05) is 0 Å². The van der Waals surface area contributed by atoms with Gasteiger partial charge in [0.05, 0.1) is 0 Å². The van der Waals surface area contributed by atoms with Crippen LogP contribution in [0.25, 0.3) is 0 Å². The third kappa shape index (κ3) is 2.53. The zero-order chi connectivity index (χ0) is 12.2. The van der Waals surface area contributed by atoms with Gasteiger partial charge in [-0.1, -0.05) is 32.4 Å². The molecule has 1 aromatic heterocycles. The molecule has 0 spiro atoms. The fourth-order valence-electron chi connectivity index (χ4n) is 1.80. The smallest absolute Gasteiger partial charge is 0.162 e. The maximum Gasteiger partial charge on any atom is 0.162 e. The number of nitrogens with zero attached hydrogens (tertiary/aromatic N) is 2. The van der Waals surface area contributed by atoms with Gasteiger partial charge in [0, 0.05) is 12.8 Å². The van der Waals surface area contributed by atoms with Crippen LogP contribution in [-0.2, 0) is 16.8 Å². The highest BCUT2D eigenvalue weighted by Crippen LogP contribution is 2.30. The summed E-state index contributed by atoms with van der Waals surface area (Å²) in [4.78, 5) is 8.81. The molecule has 3 nitrogen and oxygen atoms in total. The Bertz CT molecular complexity index is 343. The summed E-state index contributed by atoms with van der Waals surface area (Å²) in [5, 5.41) is 0.491. The Hall–Kier alpha value is -0.670. The molecular formula is C12H19ClN2O. The third-order valence-electron chi connectivity index (χ3n) is 3.05. The molecule has 0 fully saturated rings. The zero-order valence-corrected chi connectivity index (χ0v) is 11.1.